The van der Waals surface area contributed by atoms with Gasteiger partial charge in [-0.3, -0.25) is 4.79 Å². The molecule has 1 heterocycles. The maximum absolute atomic E-state index is 13.5. The van der Waals surface area contributed by atoms with Gasteiger partial charge in [-0.2, -0.15) is 0 Å². The molecular weight excluding hydrogens is 276 g/mol. The lowest BCUT2D eigenvalue weighted by Crippen LogP contribution is -2.14. The summed E-state index contributed by atoms with van der Waals surface area (Å²) in [5.74, 6) is -1.14. The third-order valence-electron chi connectivity index (χ3n) is 3.13. The highest BCUT2D eigenvalue weighted by atomic mass is 19.1. The fourth-order valence-corrected chi connectivity index (χ4v) is 1.84. The van der Waals surface area contributed by atoms with E-state index < -0.39 is 17.5 Å². The fraction of sp³-hybridized carbons (Fsp3) is 0.200. The Morgan fingerprint density at radius 3 is 2.67 bits per heavy atom. The number of benzene rings is 1. The monoisotopic (exact) mass is 289 g/mol. The number of nitrogens with one attached hydrogen (secondary N) is 2. The summed E-state index contributed by atoms with van der Waals surface area (Å²) in [6.07, 6.45) is 3.66. The number of halogens is 2. The van der Waals surface area contributed by atoms with E-state index in [1.165, 1.54) is 6.20 Å². The van der Waals surface area contributed by atoms with Crippen molar-refractivity contribution in [1.82, 2.24) is 4.98 Å². The number of rotatable bonds is 4. The summed E-state index contributed by atoms with van der Waals surface area (Å²) in [5, 5.41) is 5.52. The number of hydrogen-bond donors (Lipinski definition) is 2. The Labute approximate surface area is 120 Å². The van der Waals surface area contributed by atoms with E-state index in [4.69, 9.17) is 0 Å². The molecule has 0 radical (unpaired) electrons. The Kier molecular flexibility index (Phi) is 3.51. The molecule has 3 rings (SSSR count). The molecule has 2 N–H and O–H groups in total. The number of anilines is 2. The van der Waals surface area contributed by atoms with Crippen LogP contribution in [0.4, 0.5) is 20.3 Å². The number of hydrogen-bond acceptors (Lipinski definition) is 3. The van der Waals surface area contributed by atoms with Gasteiger partial charge in [-0.15, -0.1) is 0 Å². The highest BCUT2D eigenvalue weighted by molar-refractivity contribution is 6.04. The van der Waals surface area contributed by atoms with E-state index in [0.717, 1.165) is 31.0 Å². The number of carbonyl (C=O) groups is 1. The summed E-state index contributed by atoms with van der Waals surface area (Å²) in [6, 6.07) is 6.64. The van der Waals surface area contributed by atoms with Crippen LogP contribution in [0.1, 0.15) is 23.2 Å². The topological polar surface area (TPSA) is 54.0 Å². The van der Waals surface area contributed by atoms with Crippen molar-refractivity contribution in [2.45, 2.75) is 18.9 Å². The molecule has 1 aliphatic rings. The van der Waals surface area contributed by atoms with Gasteiger partial charge in [0.1, 0.15) is 17.5 Å². The minimum Gasteiger partial charge on any atom is -0.367 e. The van der Waals surface area contributed by atoms with Crippen molar-refractivity contribution in [2.24, 2.45) is 0 Å². The maximum Gasteiger partial charge on any atom is 0.257 e. The van der Waals surface area contributed by atoms with Gasteiger partial charge in [0, 0.05) is 18.3 Å². The first-order valence-electron chi connectivity index (χ1n) is 6.61. The van der Waals surface area contributed by atoms with Crippen LogP contribution in [-0.2, 0) is 0 Å². The predicted octanol–water partition coefficient (Wildman–Crippen LogP) is 3.19. The van der Waals surface area contributed by atoms with Gasteiger partial charge in [0.25, 0.3) is 5.91 Å². The molecule has 1 aromatic heterocycles. The summed E-state index contributed by atoms with van der Waals surface area (Å²) >= 11 is 0. The second-order valence-electron chi connectivity index (χ2n) is 4.93. The molecule has 1 saturated carbocycles. The summed E-state index contributed by atoms with van der Waals surface area (Å²) in [6.45, 7) is 0. The Hall–Kier alpha value is -2.50. The molecule has 1 aromatic carbocycles. The van der Waals surface area contributed by atoms with Gasteiger partial charge >= 0.3 is 0 Å². The van der Waals surface area contributed by atoms with Crippen molar-refractivity contribution in [2.75, 3.05) is 10.6 Å². The van der Waals surface area contributed by atoms with Crippen molar-refractivity contribution in [3.05, 3.63) is 53.7 Å². The van der Waals surface area contributed by atoms with Gasteiger partial charge in [0.2, 0.25) is 0 Å². The Morgan fingerprint density at radius 1 is 1.19 bits per heavy atom. The van der Waals surface area contributed by atoms with Gasteiger partial charge in [-0.05, 0) is 37.1 Å². The Morgan fingerprint density at radius 2 is 2.00 bits per heavy atom. The standard InChI is InChI=1S/C15H13F2N3O/c16-10-2-5-12(17)13(7-10)20-15(21)9-1-6-14(18-8-9)19-11-3-4-11/h1-2,5-8,11H,3-4H2,(H,18,19)(H,20,21). The molecule has 1 amide bonds. The second-order valence-corrected chi connectivity index (χ2v) is 4.93. The van der Waals surface area contributed by atoms with E-state index >= 15 is 0 Å². The minimum absolute atomic E-state index is 0.194. The third-order valence-corrected chi connectivity index (χ3v) is 3.13. The van der Waals surface area contributed by atoms with Crippen LogP contribution in [0.5, 0.6) is 0 Å². The second kappa shape index (κ2) is 5.47. The fourth-order valence-electron chi connectivity index (χ4n) is 1.84. The van der Waals surface area contributed by atoms with E-state index in [1.807, 2.05) is 0 Å². The summed E-state index contributed by atoms with van der Waals surface area (Å²) in [7, 11) is 0. The summed E-state index contributed by atoms with van der Waals surface area (Å²) < 4.78 is 26.5. The quantitative estimate of drug-likeness (QED) is 0.909. The van der Waals surface area contributed by atoms with Crippen LogP contribution >= 0.6 is 0 Å². The Balaban J connectivity index is 1.70. The van der Waals surface area contributed by atoms with Crippen molar-refractivity contribution in [3.8, 4) is 0 Å². The van der Waals surface area contributed by atoms with E-state index in [1.54, 1.807) is 12.1 Å². The first kappa shape index (κ1) is 13.5. The van der Waals surface area contributed by atoms with Crippen molar-refractivity contribution in [1.29, 1.82) is 0 Å². The van der Waals surface area contributed by atoms with Crippen LogP contribution in [0.15, 0.2) is 36.5 Å². The molecule has 0 saturated heterocycles. The van der Waals surface area contributed by atoms with Gasteiger partial charge in [-0.25, -0.2) is 13.8 Å². The highest BCUT2D eigenvalue weighted by Gasteiger charge is 2.21. The zero-order valence-corrected chi connectivity index (χ0v) is 11.1. The zero-order chi connectivity index (χ0) is 14.8. The van der Waals surface area contributed by atoms with E-state index in [0.29, 0.717) is 11.9 Å². The molecule has 2 aromatic rings. The molecule has 108 valence electrons. The number of carbonyl (C=O) groups excluding carboxylic acids is 1. The van der Waals surface area contributed by atoms with Gasteiger partial charge in [0.15, 0.2) is 0 Å². The van der Waals surface area contributed by atoms with Crippen molar-refractivity contribution < 1.29 is 13.6 Å². The van der Waals surface area contributed by atoms with Gasteiger partial charge in [0.05, 0.1) is 11.3 Å². The average molecular weight is 289 g/mol. The van der Waals surface area contributed by atoms with Crippen LogP contribution in [-0.4, -0.2) is 16.9 Å². The van der Waals surface area contributed by atoms with Crippen LogP contribution < -0.4 is 10.6 Å². The molecule has 21 heavy (non-hydrogen) atoms. The van der Waals surface area contributed by atoms with E-state index in [9.17, 15) is 13.6 Å². The molecule has 0 bridgehead atoms. The normalized spacial score (nSPS) is 13.8. The Bertz CT molecular complexity index is 669. The molecule has 0 spiro atoms. The van der Waals surface area contributed by atoms with Crippen LogP contribution in [0.3, 0.4) is 0 Å². The minimum atomic E-state index is -0.690. The molecule has 1 fully saturated rings. The largest absolute Gasteiger partial charge is 0.367 e. The molecule has 4 nitrogen and oxygen atoms in total. The molecule has 6 heteroatoms. The molecule has 0 unspecified atom stereocenters. The summed E-state index contributed by atoms with van der Waals surface area (Å²) in [4.78, 5) is 16.1. The zero-order valence-electron chi connectivity index (χ0n) is 11.1. The van der Waals surface area contributed by atoms with Crippen molar-refractivity contribution >= 4 is 17.4 Å². The van der Waals surface area contributed by atoms with Crippen LogP contribution in [0.2, 0.25) is 0 Å². The predicted molar refractivity (Wildman–Crippen MR) is 75.2 cm³/mol. The van der Waals surface area contributed by atoms with Crippen LogP contribution in [0, 0.1) is 11.6 Å². The van der Waals surface area contributed by atoms with Gasteiger partial charge in [-0.1, -0.05) is 0 Å². The molecule has 1 aliphatic carbocycles. The number of nitrogens with zero attached hydrogens (tertiary/aromatic N) is 1. The van der Waals surface area contributed by atoms with Crippen molar-refractivity contribution in [3.63, 3.8) is 0 Å². The molecular formula is C15H13F2N3O. The van der Waals surface area contributed by atoms with Gasteiger partial charge < -0.3 is 10.6 Å². The highest BCUT2D eigenvalue weighted by Crippen LogP contribution is 2.23. The summed E-state index contributed by atoms with van der Waals surface area (Å²) in [5.41, 5.74) is 0.0835. The number of aromatic nitrogens is 1. The lowest BCUT2D eigenvalue weighted by Gasteiger charge is -2.07. The first-order valence-corrected chi connectivity index (χ1v) is 6.61. The first-order chi connectivity index (χ1) is 10.1. The third kappa shape index (κ3) is 3.34. The lowest BCUT2D eigenvalue weighted by atomic mass is 10.2. The lowest BCUT2D eigenvalue weighted by molar-refractivity contribution is 0.102. The smallest absolute Gasteiger partial charge is 0.257 e. The number of amides is 1. The van der Waals surface area contributed by atoms with E-state index in [2.05, 4.69) is 15.6 Å². The van der Waals surface area contributed by atoms with Crippen LogP contribution in [0.25, 0.3) is 0 Å². The SMILES string of the molecule is O=C(Nc1cc(F)ccc1F)c1ccc(NC2CC2)nc1. The average Bonchev–Trinajstić information content (AvgIpc) is 3.27. The maximum atomic E-state index is 13.5. The number of pyridine rings is 1. The molecule has 0 aliphatic heterocycles. The molecule has 0 atom stereocenters. The van der Waals surface area contributed by atoms with E-state index in [-0.39, 0.29) is 11.3 Å².